The van der Waals surface area contributed by atoms with Crippen LogP contribution in [-0.2, 0) is 5.41 Å². The molecule has 2 aromatic heterocycles. The first-order valence-electron chi connectivity index (χ1n) is 19.1. The Morgan fingerprint density at radius 2 is 0.750 bits per heavy atom. The maximum Gasteiger partial charge on any atom is 0.164 e. The third kappa shape index (κ3) is 4.27. The zero-order valence-electron chi connectivity index (χ0n) is 30.3. The molecule has 260 valence electrons. The first-order chi connectivity index (χ1) is 27.8. The Hall–Kier alpha value is -7.43. The Balaban J connectivity index is 1.13. The Bertz CT molecular complexity index is 3080. The van der Waals surface area contributed by atoms with Crippen LogP contribution in [0.1, 0.15) is 22.3 Å². The van der Waals surface area contributed by atoms with Gasteiger partial charge in [-0.1, -0.05) is 164 Å². The van der Waals surface area contributed by atoms with Gasteiger partial charge in [0.1, 0.15) is 0 Å². The summed E-state index contributed by atoms with van der Waals surface area (Å²) in [5, 5.41) is 2.51. The van der Waals surface area contributed by atoms with Crippen LogP contribution in [0.2, 0.25) is 0 Å². The zero-order valence-corrected chi connectivity index (χ0v) is 30.3. The van der Waals surface area contributed by atoms with Crippen LogP contribution in [0.15, 0.2) is 194 Å². The molecule has 8 aromatic carbocycles. The molecule has 0 saturated heterocycles. The van der Waals surface area contributed by atoms with E-state index >= 15 is 0 Å². The number of aromatic nitrogens is 4. The Kier molecular flexibility index (Phi) is 6.52. The average molecular weight is 713 g/mol. The van der Waals surface area contributed by atoms with E-state index in [1.165, 1.54) is 66.3 Å². The van der Waals surface area contributed by atoms with Gasteiger partial charge in [0.05, 0.1) is 16.4 Å². The first kappa shape index (κ1) is 31.0. The van der Waals surface area contributed by atoms with E-state index < -0.39 is 5.41 Å². The molecule has 0 aliphatic heterocycles. The molecule has 2 heterocycles. The molecule has 0 N–H and O–H groups in total. The molecule has 0 bridgehead atoms. The summed E-state index contributed by atoms with van der Waals surface area (Å²) in [5.41, 5.74) is 16.0. The quantitative estimate of drug-likeness (QED) is 0.182. The van der Waals surface area contributed by atoms with Crippen molar-refractivity contribution in [3.05, 3.63) is 216 Å². The molecule has 4 heteroatoms. The molecule has 10 aromatic rings. The highest BCUT2D eigenvalue weighted by molar-refractivity contribution is 6.09. The summed E-state index contributed by atoms with van der Waals surface area (Å²) in [6.45, 7) is 0. The van der Waals surface area contributed by atoms with Crippen LogP contribution >= 0.6 is 0 Å². The summed E-state index contributed by atoms with van der Waals surface area (Å²) < 4.78 is 2.43. The normalized spacial score (nSPS) is 14.9. The van der Waals surface area contributed by atoms with Gasteiger partial charge in [0.25, 0.3) is 0 Å². The van der Waals surface area contributed by atoms with E-state index in [0.717, 1.165) is 22.4 Å². The Morgan fingerprint density at radius 1 is 0.321 bits per heavy atom. The van der Waals surface area contributed by atoms with Crippen LogP contribution in [0.25, 0.3) is 83.9 Å². The average Bonchev–Trinajstić information content (AvgIpc) is 3.88. The molecule has 2 aliphatic rings. The lowest BCUT2D eigenvalue weighted by Gasteiger charge is -2.31. The summed E-state index contributed by atoms with van der Waals surface area (Å²) >= 11 is 0. The molecule has 0 amide bonds. The Labute approximate surface area is 324 Å². The molecule has 12 rings (SSSR count). The maximum absolute atomic E-state index is 5.16. The molecular formula is C52H32N4. The van der Waals surface area contributed by atoms with Gasteiger partial charge in [0.15, 0.2) is 17.5 Å². The van der Waals surface area contributed by atoms with Gasteiger partial charge in [-0.05, 0) is 74.8 Å². The summed E-state index contributed by atoms with van der Waals surface area (Å²) in [7, 11) is 0. The molecule has 1 atom stereocenters. The van der Waals surface area contributed by atoms with Crippen molar-refractivity contribution in [2.24, 2.45) is 0 Å². The van der Waals surface area contributed by atoms with Gasteiger partial charge in [0.2, 0.25) is 0 Å². The summed E-state index contributed by atoms with van der Waals surface area (Å²) in [6, 6.07) is 69.7. The first-order valence-corrected chi connectivity index (χ1v) is 19.1. The lowest BCUT2D eigenvalue weighted by molar-refractivity contribution is 0.792. The van der Waals surface area contributed by atoms with Crippen LogP contribution in [-0.4, -0.2) is 19.5 Å². The van der Waals surface area contributed by atoms with Gasteiger partial charge in [-0.25, -0.2) is 15.0 Å². The minimum absolute atomic E-state index is 0.555. The number of fused-ring (bicyclic) bond motifs is 13. The molecule has 2 aliphatic carbocycles. The largest absolute Gasteiger partial charge is 0.309 e. The van der Waals surface area contributed by atoms with Crippen molar-refractivity contribution < 1.29 is 0 Å². The van der Waals surface area contributed by atoms with E-state index in [2.05, 4.69) is 162 Å². The van der Waals surface area contributed by atoms with E-state index in [4.69, 9.17) is 15.0 Å². The molecule has 0 saturated carbocycles. The number of nitrogens with zero attached hydrogens (tertiary/aromatic N) is 4. The van der Waals surface area contributed by atoms with Crippen LogP contribution < -0.4 is 0 Å². The minimum Gasteiger partial charge on any atom is -0.309 e. The molecule has 0 fully saturated rings. The standard InChI is InChI=1S/C52H32N4/c1-3-15-33(16-4-1)49-53-50(34-17-5-2-6-18-34)55-51(54-49)35-27-29-39-37-19-7-11-23-43(37)52(45(39)31-35)44-24-12-8-20-38(44)40-30-28-36(32-46(40)52)56-47-25-13-9-21-41(47)42-22-10-14-26-48(42)56/h1-32H. The van der Waals surface area contributed by atoms with E-state index in [-0.39, 0.29) is 0 Å². The molecule has 4 nitrogen and oxygen atoms in total. The van der Waals surface area contributed by atoms with Gasteiger partial charge in [-0.2, -0.15) is 0 Å². The van der Waals surface area contributed by atoms with Gasteiger partial charge < -0.3 is 4.57 Å². The number of hydrogen-bond donors (Lipinski definition) is 0. The lowest BCUT2D eigenvalue weighted by atomic mass is 9.70. The predicted molar refractivity (Wildman–Crippen MR) is 227 cm³/mol. The topological polar surface area (TPSA) is 43.6 Å². The fourth-order valence-corrected chi connectivity index (χ4v) is 9.54. The van der Waals surface area contributed by atoms with Crippen LogP contribution in [0.4, 0.5) is 0 Å². The van der Waals surface area contributed by atoms with Crippen molar-refractivity contribution in [3.8, 4) is 62.1 Å². The molecule has 1 unspecified atom stereocenters. The van der Waals surface area contributed by atoms with Gasteiger partial charge >= 0.3 is 0 Å². The zero-order chi connectivity index (χ0) is 36.8. The fourth-order valence-electron chi connectivity index (χ4n) is 9.54. The number of rotatable bonds is 4. The second-order valence-corrected chi connectivity index (χ2v) is 14.7. The van der Waals surface area contributed by atoms with Gasteiger partial charge in [-0.15, -0.1) is 0 Å². The van der Waals surface area contributed by atoms with Crippen molar-refractivity contribution >= 4 is 21.8 Å². The number of benzene rings is 8. The molecular weight excluding hydrogens is 681 g/mol. The fraction of sp³-hybridized carbons (Fsp3) is 0.0192. The lowest BCUT2D eigenvalue weighted by Crippen LogP contribution is -2.26. The summed E-state index contributed by atoms with van der Waals surface area (Å²) in [6.07, 6.45) is 0. The second-order valence-electron chi connectivity index (χ2n) is 14.7. The predicted octanol–water partition coefficient (Wildman–Crippen LogP) is 12.3. The van der Waals surface area contributed by atoms with Crippen molar-refractivity contribution in [1.29, 1.82) is 0 Å². The SMILES string of the molecule is c1ccc(-c2nc(-c3ccccc3)nc(-c3ccc4c(c3)C3(c5ccccc5-4)c4ccccc4-c4ccc(-n5c6ccccc6c6ccccc65)cc43)n2)cc1. The van der Waals surface area contributed by atoms with E-state index in [1.807, 2.05) is 36.4 Å². The van der Waals surface area contributed by atoms with Gasteiger partial charge in [-0.3, -0.25) is 0 Å². The maximum atomic E-state index is 5.16. The summed E-state index contributed by atoms with van der Waals surface area (Å²) in [4.78, 5) is 15.3. The van der Waals surface area contributed by atoms with Crippen molar-refractivity contribution in [2.75, 3.05) is 0 Å². The van der Waals surface area contributed by atoms with Crippen molar-refractivity contribution in [1.82, 2.24) is 19.5 Å². The monoisotopic (exact) mass is 712 g/mol. The van der Waals surface area contributed by atoms with Crippen LogP contribution in [0.3, 0.4) is 0 Å². The molecule has 1 spiro atoms. The van der Waals surface area contributed by atoms with Crippen molar-refractivity contribution in [3.63, 3.8) is 0 Å². The molecule has 0 radical (unpaired) electrons. The van der Waals surface area contributed by atoms with Crippen molar-refractivity contribution in [2.45, 2.75) is 5.41 Å². The summed E-state index contributed by atoms with van der Waals surface area (Å²) in [5.74, 6) is 1.96. The number of hydrogen-bond acceptors (Lipinski definition) is 3. The van der Waals surface area contributed by atoms with Gasteiger partial charge in [0, 0.05) is 33.2 Å². The highest BCUT2D eigenvalue weighted by Gasteiger charge is 2.52. The highest BCUT2D eigenvalue weighted by atomic mass is 15.0. The third-order valence-electron chi connectivity index (χ3n) is 11.9. The van der Waals surface area contributed by atoms with E-state index in [1.54, 1.807) is 0 Å². The van der Waals surface area contributed by atoms with Crippen LogP contribution in [0.5, 0.6) is 0 Å². The third-order valence-corrected chi connectivity index (χ3v) is 11.9. The second kappa shape index (κ2) is 11.8. The van der Waals surface area contributed by atoms with E-state index in [0.29, 0.717) is 17.5 Å². The number of para-hydroxylation sites is 2. The van der Waals surface area contributed by atoms with Crippen LogP contribution in [0, 0.1) is 0 Å². The smallest absolute Gasteiger partial charge is 0.164 e. The highest BCUT2D eigenvalue weighted by Crippen LogP contribution is 2.63. The van der Waals surface area contributed by atoms with E-state index in [9.17, 15) is 0 Å². The minimum atomic E-state index is -0.555. The Morgan fingerprint density at radius 3 is 1.32 bits per heavy atom. The molecule has 56 heavy (non-hydrogen) atoms.